The summed E-state index contributed by atoms with van der Waals surface area (Å²) in [5, 5.41) is 3.52. The number of nitrogens with one attached hydrogen (secondary N) is 1. The molecule has 0 saturated carbocycles. The fourth-order valence-electron chi connectivity index (χ4n) is 3.18. The van der Waals surface area contributed by atoms with Gasteiger partial charge in [-0.15, -0.1) is 12.4 Å². The number of hydrogen-bond acceptors (Lipinski definition) is 2. The van der Waals surface area contributed by atoms with Crippen LogP contribution < -0.4 is 10.2 Å². The zero-order chi connectivity index (χ0) is 11.7. The Kier molecular flexibility index (Phi) is 4.52. The lowest BCUT2D eigenvalue weighted by Gasteiger charge is -2.29. The van der Waals surface area contributed by atoms with Crippen LogP contribution in [-0.2, 0) is 6.42 Å². The van der Waals surface area contributed by atoms with E-state index in [1.807, 2.05) is 0 Å². The SMILES string of the molecule is Cc1ccc2c(c1)CCN2CC1CCCNC1.Cl. The first-order valence-electron chi connectivity index (χ1n) is 6.88. The smallest absolute Gasteiger partial charge is 0.0399 e. The molecule has 1 aromatic carbocycles. The highest BCUT2D eigenvalue weighted by Gasteiger charge is 2.22. The molecule has 1 fully saturated rings. The molecule has 0 amide bonds. The van der Waals surface area contributed by atoms with Crippen molar-refractivity contribution in [1.29, 1.82) is 0 Å². The van der Waals surface area contributed by atoms with E-state index in [1.165, 1.54) is 56.7 Å². The molecular weight excluding hydrogens is 244 g/mol. The number of anilines is 1. The summed E-state index contributed by atoms with van der Waals surface area (Å²) in [5.41, 5.74) is 4.43. The Labute approximate surface area is 116 Å². The lowest BCUT2D eigenvalue weighted by molar-refractivity contribution is 0.378. The molecule has 0 aromatic heterocycles. The number of benzene rings is 1. The van der Waals surface area contributed by atoms with E-state index in [0.29, 0.717) is 0 Å². The summed E-state index contributed by atoms with van der Waals surface area (Å²) in [7, 11) is 0. The van der Waals surface area contributed by atoms with Crippen molar-refractivity contribution in [2.24, 2.45) is 5.92 Å². The molecule has 3 rings (SSSR count). The van der Waals surface area contributed by atoms with Crippen LogP contribution in [0.2, 0.25) is 0 Å². The van der Waals surface area contributed by atoms with Crippen LogP contribution in [0.4, 0.5) is 5.69 Å². The molecule has 2 heterocycles. The second-order valence-electron chi connectivity index (χ2n) is 5.54. The summed E-state index contributed by atoms with van der Waals surface area (Å²) in [6.07, 6.45) is 3.97. The molecule has 0 aliphatic carbocycles. The molecule has 0 spiro atoms. The minimum atomic E-state index is 0. The van der Waals surface area contributed by atoms with Gasteiger partial charge in [-0.3, -0.25) is 0 Å². The van der Waals surface area contributed by atoms with Crippen LogP contribution in [-0.4, -0.2) is 26.2 Å². The van der Waals surface area contributed by atoms with Crippen molar-refractivity contribution < 1.29 is 0 Å². The minimum Gasteiger partial charge on any atom is -0.371 e. The Morgan fingerprint density at radius 1 is 1.39 bits per heavy atom. The van der Waals surface area contributed by atoms with Gasteiger partial charge in [0, 0.05) is 18.8 Å². The lowest BCUT2D eigenvalue weighted by Crippen LogP contribution is -2.37. The van der Waals surface area contributed by atoms with E-state index in [9.17, 15) is 0 Å². The molecule has 2 aliphatic rings. The van der Waals surface area contributed by atoms with E-state index in [4.69, 9.17) is 0 Å². The van der Waals surface area contributed by atoms with Crippen LogP contribution in [0.25, 0.3) is 0 Å². The van der Waals surface area contributed by atoms with Crippen molar-refractivity contribution in [1.82, 2.24) is 5.32 Å². The van der Waals surface area contributed by atoms with E-state index in [1.54, 1.807) is 5.56 Å². The normalized spacial score (nSPS) is 22.5. The lowest BCUT2D eigenvalue weighted by atomic mass is 9.99. The summed E-state index contributed by atoms with van der Waals surface area (Å²) in [6.45, 7) is 7.07. The van der Waals surface area contributed by atoms with Crippen LogP contribution in [0, 0.1) is 12.8 Å². The highest BCUT2D eigenvalue weighted by atomic mass is 35.5. The van der Waals surface area contributed by atoms with Crippen LogP contribution >= 0.6 is 12.4 Å². The quantitative estimate of drug-likeness (QED) is 0.886. The molecule has 1 unspecified atom stereocenters. The zero-order valence-corrected chi connectivity index (χ0v) is 11.9. The molecule has 1 saturated heterocycles. The van der Waals surface area contributed by atoms with Crippen LogP contribution in [0.5, 0.6) is 0 Å². The minimum absolute atomic E-state index is 0. The van der Waals surface area contributed by atoms with Gasteiger partial charge in [0.05, 0.1) is 0 Å². The molecule has 2 nitrogen and oxygen atoms in total. The molecule has 1 N–H and O–H groups in total. The third-order valence-corrected chi connectivity index (χ3v) is 4.10. The molecule has 100 valence electrons. The number of aryl methyl sites for hydroxylation is 1. The molecule has 3 heteroatoms. The zero-order valence-electron chi connectivity index (χ0n) is 11.1. The van der Waals surface area contributed by atoms with E-state index < -0.39 is 0 Å². The predicted molar refractivity (Wildman–Crippen MR) is 79.9 cm³/mol. The van der Waals surface area contributed by atoms with Gasteiger partial charge < -0.3 is 10.2 Å². The number of hydrogen-bond donors (Lipinski definition) is 1. The predicted octanol–water partition coefficient (Wildman–Crippen LogP) is 2.78. The highest BCUT2D eigenvalue weighted by molar-refractivity contribution is 5.85. The molecule has 1 atom stereocenters. The second kappa shape index (κ2) is 5.94. The maximum atomic E-state index is 3.52. The van der Waals surface area contributed by atoms with E-state index >= 15 is 0 Å². The summed E-state index contributed by atoms with van der Waals surface area (Å²) >= 11 is 0. The molecule has 0 bridgehead atoms. The monoisotopic (exact) mass is 266 g/mol. The Balaban J connectivity index is 0.00000120. The summed E-state index contributed by atoms with van der Waals surface area (Å²) in [5.74, 6) is 0.844. The first kappa shape index (κ1) is 13.7. The van der Waals surface area contributed by atoms with Crippen LogP contribution in [0.3, 0.4) is 0 Å². The first-order chi connectivity index (χ1) is 8.33. The van der Waals surface area contributed by atoms with Crippen molar-refractivity contribution in [2.75, 3.05) is 31.1 Å². The number of halogens is 1. The average Bonchev–Trinajstić information content (AvgIpc) is 2.73. The van der Waals surface area contributed by atoms with Gasteiger partial charge in [0.1, 0.15) is 0 Å². The highest BCUT2D eigenvalue weighted by Crippen LogP contribution is 2.30. The Morgan fingerprint density at radius 3 is 3.06 bits per heavy atom. The van der Waals surface area contributed by atoms with Gasteiger partial charge in [0.25, 0.3) is 0 Å². The van der Waals surface area contributed by atoms with E-state index in [0.717, 1.165) is 5.92 Å². The molecule has 18 heavy (non-hydrogen) atoms. The maximum absolute atomic E-state index is 3.52. The number of piperidine rings is 1. The van der Waals surface area contributed by atoms with Gasteiger partial charge in [0.2, 0.25) is 0 Å². The Hall–Kier alpha value is -0.730. The van der Waals surface area contributed by atoms with Crippen molar-refractivity contribution in [2.45, 2.75) is 26.2 Å². The van der Waals surface area contributed by atoms with Gasteiger partial charge >= 0.3 is 0 Å². The van der Waals surface area contributed by atoms with Crippen molar-refractivity contribution in [3.63, 3.8) is 0 Å². The largest absolute Gasteiger partial charge is 0.371 e. The second-order valence-corrected chi connectivity index (χ2v) is 5.54. The van der Waals surface area contributed by atoms with Crippen LogP contribution in [0.1, 0.15) is 24.0 Å². The third kappa shape index (κ3) is 2.81. The number of rotatable bonds is 2. The van der Waals surface area contributed by atoms with Gasteiger partial charge in [-0.05, 0) is 56.8 Å². The van der Waals surface area contributed by atoms with Crippen LogP contribution in [0.15, 0.2) is 18.2 Å². The maximum Gasteiger partial charge on any atom is 0.0399 e. The standard InChI is InChI=1S/C15H22N2.ClH/c1-12-4-5-15-14(9-12)6-8-17(15)11-13-3-2-7-16-10-13;/h4-5,9,13,16H,2-3,6-8,10-11H2,1H3;1H. The van der Waals surface area contributed by atoms with Gasteiger partial charge in [-0.25, -0.2) is 0 Å². The van der Waals surface area contributed by atoms with E-state index in [2.05, 4.69) is 35.3 Å². The fourth-order valence-corrected chi connectivity index (χ4v) is 3.18. The van der Waals surface area contributed by atoms with Gasteiger partial charge in [-0.1, -0.05) is 17.7 Å². The summed E-state index contributed by atoms with van der Waals surface area (Å²) < 4.78 is 0. The molecule has 1 aromatic rings. The average molecular weight is 267 g/mol. The van der Waals surface area contributed by atoms with E-state index in [-0.39, 0.29) is 12.4 Å². The first-order valence-corrected chi connectivity index (χ1v) is 6.88. The number of fused-ring (bicyclic) bond motifs is 1. The fraction of sp³-hybridized carbons (Fsp3) is 0.600. The van der Waals surface area contributed by atoms with Crippen molar-refractivity contribution in [3.05, 3.63) is 29.3 Å². The van der Waals surface area contributed by atoms with Gasteiger partial charge in [-0.2, -0.15) is 0 Å². The molecule has 2 aliphatic heterocycles. The topological polar surface area (TPSA) is 15.3 Å². The van der Waals surface area contributed by atoms with Crippen molar-refractivity contribution in [3.8, 4) is 0 Å². The summed E-state index contributed by atoms with van der Waals surface area (Å²) in [6, 6.07) is 6.92. The summed E-state index contributed by atoms with van der Waals surface area (Å²) in [4.78, 5) is 2.59. The third-order valence-electron chi connectivity index (χ3n) is 4.10. The Morgan fingerprint density at radius 2 is 2.28 bits per heavy atom. The van der Waals surface area contributed by atoms with Crippen molar-refractivity contribution >= 4 is 18.1 Å². The number of nitrogens with zero attached hydrogens (tertiary/aromatic N) is 1. The Bertz CT molecular complexity index is 399. The molecule has 0 radical (unpaired) electrons. The molecular formula is C15H23ClN2. The van der Waals surface area contributed by atoms with Gasteiger partial charge in [0.15, 0.2) is 0 Å².